The first kappa shape index (κ1) is 24.3. The Labute approximate surface area is 265 Å². The number of imidazole rings is 1. The molecule has 2 heteroatoms. The summed E-state index contributed by atoms with van der Waals surface area (Å²) in [6.45, 7) is 0. The zero-order valence-corrected chi connectivity index (χ0v) is 24.9. The van der Waals surface area contributed by atoms with Crippen LogP contribution < -0.4 is 0 Å². The van der Waals surface area contributed by atoms with Crippen molar-refractivity contribution in [2.45, 2.75) is 5.41 Å². The van der Waals surface area contributed by atoms with Crippen LogP contribution >= 0.6 is 0 Å². The molecule has 0 fully saturated rings. The molecule has 1 spiro atoms. The Kier molecular flexibility index (Phi) is 4.55. The minimum absolute atomic E-state index is 0.346. The highest BCUT2D eigenvalue weighted by Crippen LogP contribution is 2.63. The molecule has 46 heavy (non-hydrogen) atoms. The third kappa shape index (κ3) is 2.86. The van der Waals surface area contributed by atoms with E-state index in [0.29, 0.717) is 0 Å². The number of nitrogens with zero attached hydrogens (tertiary/aromatic N) is 2. The van der Waals surface area contributed by atoms with E-state index >= 15 is 0 Å². The van der Waals surface area contributed by atoms with Crippen LogP contribution in [0.1, 0.15) is 22.3 Å². The van der Waals surface area contributed by atoms with Crippen LogP contribution in [0.3, 0.4) is 0 Å². The highest BCUT2D eigenvalue weighted by atomic mass is 15.0. The molecule has 9 aromatic rings. The van der Waals surface area contributed by atoms with Gasteiger partial charge in [-0.15, -0.1) is 0 Å². The summed E-state index contributed by atoms with van der Waals surface area (Å²) in [5.41, 5.74) is 17.2. The van der Waals surface area contributed by atoms with Gasteiger partial charge < -0.3 is 0 Å². The lowest BCUT2D eigenvalue weighted by atomic mass is 9.70. The fourth-order valence-corrected chi connectivity index (χ4v) is 8.76. The first-order valence-electron chi connectivity index (χ1n) is 16.0. The van der Waals surface area contributed by atoms with Crippen molar-refractivity contribution in [2.24, 2.45) is 0 Å². The summed E-state index contributed by atoms with van der Waals surface area (Å²) < 4.78 is 2.32. The molecule has 2 nitrogen and oxygen atoms in total. The molecule has 2 aromatic heterocycles. The number of pyridine rings is 1. The Morgan fingerprint density at radius 3 is 1.65 bits per heavy atom. The maximum absolute atomic E-state index is 5.12. The smallest absolute Gasteiger partial charge is 0.146 e. The molecule has 212 valence electrons. The van der Waals surface area contributed by atoms with Gasteiger partial charge in [0.25, 0.3) is 0 Å². The zero-order chi connectivity index (χ0) is 30.0. The average Bonchev–Trinajstić information content (AvgIpc) is 3.76. The molecule has 2 heterocycles. The molecular weight excluding hydrogens is 556 g/mol. The monoisotopic (exact) mass is 582 g/mol. The highest BCUT2D eigenvalue weighted by molar-refractivity contribution is 6.14. The number of benzene rings is 7. The van der Waals surface area contributed by atoms with Gasteiger partial charge in [0.1, 0.15) is 5.65 Å². The third-order valence-electron chi connectivity index (χ3n) is 10.6. The number of hydrogen-bond acceptors (Lipinski definition) is 1. The third-order valence-corrected chi connectivity index (χ3v) is 10.6. The Morgan fingerprint density at radius 1 is 0.391 bits per heavy atom. The predicted molar refractivity (Wildman–Crippen MR) is 189 cm³/mol. The van der Waals surface area contributed by atoms with E-state index in [1.807, 2.05) is 0 Å². The molecule has 0 unspecified atom stereocenters. The minimum Gasteiger partial charge on any atom is -0.292 e. The van der Waals surface area contributed by atoms with Crippen LogP contribution in [0.25, 0.3) is 71.7 Å². The Balaban J connectivity index is 1.20. The van der Waals surface area contributed by atoms with E-state index < -0.39 is 0 Å². The van der Waals surface area contributed by atoms with Crippen LogP contribution in [0, 0.1) is 0 Å². The number of hydrogen-bond donors (Lipinski definition) is 0. The molecule has 0 amide bonds. The standard InChI is InChI=1S/C44H26N2/c1-5-15-36-29(11-1)30-12-2-6-16-37(30)44(36)38-17-7-3-13-31(38)32-23-21-28(26-39(32)44)27-22-24-34-35(25-27)33-14-4-9-19-41(33)46-42-20-10-8-18-40(42)45-43(34)46/h1-26H. The van der Waals surface area contributed by atoms with Crippen LogP contribution in [-0.4, -0.2) is 9.38 Å². The number of rotatable bonds is 1. The second-order valence-electron chi connectivity index (χ2n) is 12.7. The van der Waals surface area contributed by atoms with Crippen molar-refractivity contribution in [1.82, 2.24) is 9.38 Å². The second kappa shape index (κ2) is 8.59. The molecule has 2 aliphatic rings. The fourth-order valence-electron chi connectivity index (χ4n) is 8.76. The van der Waals surface area contributed by atoms with Gasteiger partial charge in [0.05, 0.1) is 22.0 Å². The number of fused-ring (bicyclic) bond motifs is 18. The van der Waals surface area contributed by atoms with Crippen molar-refractivity contribution in [1.29, 1.82) is 0 Å². The van der Waals surface area contributed by atoms with Gasteiger partial charge in [-0.3, -0.25) is 4.40 Å². The van der Waals surface area contributed by atoms with Gasteiger partial charge in [-0.2, -0.15) is 0 Å². The molecule has 0 bridgehead atoms. The first-order valence-corrected chi connectivity index (χ1v) is 16.0. The van der Waals surface area contributed by atoms with Gasteiger partial charge in [-0.1, -0.05) is 121 Å². The quantitative estimate of drug-likeness (QED) is 0.176. The molecule has 2 aliphatic carbocycles. The molecule has 0 atom stereocenters. The average molecular weight is 583 g/mol. The Morgan fingerprint density at radius 2 is 0.935 bits per heavy atom. The van der Waals surface area contributed by atoms with E-state index in [0.717, 1.165) is 16.7 Å². The lowest BCUT2D eigenvalue weighted by Crippen LogP contribution is -2.25. The molecule has 0 saturated heterocycles. The zero-order valence-electron chi connectivity index (χ0n) is 24.9. The van der Waals surface area contributed by atoms with Crippen LogP contribution in [0.15, 0.2) is 158 Å². The van der Waals surface area contributed by atoms with Crippen molar-refractivity contribution in [3.05, 3.63) is 180 Å². The topological polar surface area (TPSA) is 17.3 Å². The molecular formula is C44H26N2. The predicted octanol–water partition coefficient (Wildman–Crippen LogP) is 10.8. The van der Waals surface area contributed by atoms with Crippen LogP contribution in [-0.2, 0) is 5.41 Å². The molecule has 0 radical (unpaired) electrons. The Hall–Kier alpha value is -5.99. The summed E-state index contributed by atoms with van der Waals surface area (Å²) in [5.74, 6) is 0. The summed E-state index contributed by atoms with van der Waals surface area (Å²) in [5, 5.41) is 3.63. The van der Waals surface area contributed by atoms with Crippen LogP contribution in [0.4, 0.5) is 0 Å². The van der Waals surface area contributed by atoms with Crippen molar-refractivity contribution in [3.8, 4) is 33.4 Å². The summed E-state index contributed by atoms with van der Waals surface area (Å²) in [6.07, 6.45) is 0. The van der Waals surface area contributed by atoms with Gasteiger partial charge >= 0.3 is 0 Å². The van der Waals surface area contributed by atoms with E-state index in [-0.39, 0.29) is 5.41 Å². The fraction of sp³-hybridized carbons (Fsp3) is 0.0227. The summed E-state index contributed by atoms with van der Waals surface area (Å²) in [6, 6.07) is 58.3. The number of aromatic nitrogens is 2. The molecule has 0 saturated carbocycles. The van der Waals surface area contributed by atoms with E-state index in [4.69, 9.17) is 4.98 Å². The lowest BCUT2D eigenvalue weighted by molar-refractivity contribution is 0.794. The lowest BCUT2D eigenvalue weighted by Gasteiger charge is -2.30. The second-order valence-corrected chi connectivity index (χ2v) is 12.7. The largest absolute Gasteiger partial charge is 0.292 e. The van der Waals surface area contributed by atoms with E-state index in [1.165, 1.54) is 77.3 Å². The molecule has 0 N–H and O–H groups in total. The first-order chi connectivity index (χ1) is 22.8. The van der Waals surface area contributed by atoms with Crippen LogP contribution in [0.5, 0.6) is 0 Å². The van der Waals surface area contributed by atoms with Crippen molar-refractivity contribution in [2.75, 3.05) is 0 Å². The van der Waals surface area contributed by atoms with Crippen molar-refractivity contribution >= 4 is 38.4 Å². The maximum Gasteiger partial charge on any atom is 0.146 e. The van der Waals surface area contributed by atoms with E-state index in [2.05, 4.69) is 162 Å². The van der Waals surface area contributed by atoms with E-state index in [9.17, 15) is 0 Å². The summed E-state index contributed by atoms with van der Waals surface area (Å²) >= 11 is 0. The SMILES string of the molecule is c1ccc2c(c1)-c1ccccc1C21c2ccccc2-c2ccc(-c3ccc4c(c3)c3ccccc3n3c5ccccc5nc43)cc21. The van der Waals surface area contributed by atoms with Gasteiger partial charge in [0.2, 0.25) is 0 Å². The molecule has 7 aromatic carbocycles. The van der Waals surface area contributed by atoms with Crippen LogP contribution in [0.2, 0.25) is 0 Å². The molecule has 11 rings (SSSR count). The maximum atomic E-state index is 5.12. The van der Waals surface area contributed by atoms with Crippen molar-refractivity contribution < 1.29 is 0 Å². The number of para-hydroxylation sites is 3. The summed E-state index contributed by atoms with van der Waals surface area (Å²) in [4.78, 5) is 5.12. The Bertz CT molecular complexity index is 2700. The van der Waals surface area contributed by atoms with Gasteiger partial charge in [0.15, 0.2) is 0 Å². The summed E-state index contributed by atoms with van der Waals surface area (Å²) in [7, 11) is 0. The van der Waals surface area contributed by atoms with E-state index in [1.54, 1.807) is 0 Å². The van der Waals surface area contributed by atoms with Gasteiger partial charge in [0, 0.05) is 10.8 Å². The van der Waals surface area contributed by atoms with Crippen molar-refractivity contribution in [3.63, 3.8) is 0 Å². The van der Waals surface area contributed by atoms with Gasteiger partial charge in [-0.05, 0) is 97.4 Å². The normalized spacial score (nSPS) is 13.8. The minimum atomic E-state index is -0.346. The molecule has 0 aliphatic heterocycles. The van der Waals surface area contributed by atoms with Gasteiger partial charge in [-0.25, -0.2) is 4.98 Å². The highest BCUT2D eigenvalue weighted by Gasteiger charge is 2.51.